The Morgan fingerprint density at radius 3 is 1.96 bits per heavy atom. The van der Waals surface area contributed by atoms with Gasteiger partial charge in [0.05, 0.1) is 36.0 Å². The number of anilines is 1. The Morgan fingerprint density at radius 2 is 1.32 bits per heavy atom. The number of aliphatic hydroxyl groups excluding tert-OH is 1. The Hall–Kier alpha value is -5.25. The van der Waals surface area contributed by atoms with Crippen molar-refractivity contribution in [3.8, 4) is 0 Å². The maximum atomic E-state index is 13.1. The third-order valence-electron chi connectivity index (χ3n) is 9.18. The molecular formula is C42H40N4O4. The molecule has 1 aliphatic heterocycles. The molecule has 5 aromatic carbocycles. The predicted octanol–water partition coefficient (Wildman–Crippen LogP) is 7.87. The van der Waals surface area contributed by atoms with E-state index in [1.165, 1.54) is 17.3 Å². The number of fused-ring (bicyclic) bond motifs is 1. The van der Waals surface area contributed by atoms with Crippen molar-refractivity contribution in [3.05, 3.63) is 173 Å². The molecule has 2 heterocycles. The smallest absolute Gasteiger partial charge is 0.275 e. The lowest BCUT2D eigenvalue weighted by Gasteiger charge is -2.43. The van der Waals surface area contributed by atoms with Crippen LogP contribution >= 0.6 is 0 Å². The van der Waals surface area contributed by atoms with Crippen molar-refractivity contribution in [2.24, 2.45) is 5.92 Å². The summed E-state index contributed by atoms with van der Waals surface area (Å²) >= 11 is 0. The molecule has 7 rings (SSSR count). The number of hydrogen-bond acceptors (Lipinski definition) is 7. The highest BCUT2D eigenvalue weighted by Crippen LogP contribution is 2.42. The molecule has 1 amide bonds. The third-order valence-corrected chi connectivity index (χ3v) is 9.18. The first-order valence-electron chi connectivity index (χ1n) is 17.0. The van der Waals surface area contributed by atoms with E-state index < -0.39 is 6.29 Å². The molecule has 0 radical (unpaired) electrons. The van der Waals surface area contributed by atoms with Crippen molar-refractivity contribution in [2.45, 2.75) is 45.1 Å². The average Bonchev–Trinajstić information content (AvgIpc) is 3.16. The van der Waals surface area contributed by atoms with Gasteiger partial charge in [0, 0.05) is 36.8 Å². The van der Waals surface area contributed by atoms with Crippen molar-refractivity contribution < 1.29 is 19.4 Å². The molecule has 4 unspecified atom stereocenters. The van der Waals surface area contributed by atoms with E-state index in [4.69, 9.17) is 9.47 Å². The van der Waals surface area contributed by atoms with Crippen LogP contribution in [0.2, 0.25) is 0 Å². The molecule has 252 valence electrons. The molecule has 2 N–H and O–H groups in total. The fourth-order valence-electron chi connectivity index (χ4n) is 6.44. The van der Waals surface area contributed by atoms with Crippen molar-refractivity contribution in [1.29, 1.82) is 0 Å². The number of nitrogens with zero attached hydrogens (tertiary/aromatic N) is 3. The Balaban J connectivity index is 1.13. The Labute approximate surface area is 292 Å². The van der Waals surface area contributed by atoms with Gasteiger partial charge in [-0.2, -0.15) is 0 Å². The Kier molecular flexibility index (Phi) is 10.3. The van der Waals surface area contributed by atoms with Gasteiger partial charge in [0.25, 0.3) is 5.91 Å². The SMILES string of the molecule is CC1C(CN(Cc2ccccc2)Cc2ccccc2)OC(c2ccc(NC(=O)c3cnc4ccccc4n3)cc2)OC1c1ccc(CO)cc1. The van der Waals surface area contributed by atoms with Gasteiger partial charge in [0.15, 0.2) is 6.29 Å². The first-order valence-corrected chi connectivity index (χ1v) is 17.0. The van der Waals surface area contributed by atoms with E-state index in [1.54, 1.807) is 0 Å². The summed E-state index contributed by atoms with van der Waals surface area (Å²) in [5.41, 5.74) is 7.48. The van der Waals surface area contributed by atoms with Gasteiger partial charge in [-0.1, -0.05) is 116 Å². The molecule has 1 aromatic heterocycles. The minimum absolute atomic E-state index is 0.0139. The number of amides is 1. The van der Waals surface area contributed by atoms with Crippen LogP contribution in [-0.4, -0.2) is 38.5 Å². The lowest BCUT2D eigenvalue weighted by molar-refractivity contribution is -0.276. The van der Waals surface area contributed by atoms with Crippen LogP contribution in [0.25, 0.3) is 11.0 Å². The maximum absolute atomic E-state index is 13.1. The van der Waals surface area contributed by atoms with Crippen molar-refractivity contribution in [3.63, 3.8) is 0 Å². The van der Waals surface area contributed by atoms with Crippen LogP contribution in [0.4, 0.5) is 5.69 Å². The number of nitrogens with one attached hydrogen (secondary N) is 1. The van der Waals surface area contributed by atoms with E-state index >= 15 is 0 Å². The van der Waals surface area contributed by atoms with Gasteiger partial charge in [-0.15, -0.1) is 0 Å². The Morgan fingerprint density at radius 1 is 0.720 bits per heavy atom. The van der Waals surface area contributed by atoms with Crippen molar-refractivity contribution in [1.82, 2.24) is 14.9 Å². The van der Waals surface area contributed by atoms with Gasteiger partial charge < -0.3 is 19.9 Å². The second-order valence-electron chi connectivity index (χ2n) is 12.8. The molecule has 0 spiro atoms. The van der Waals surface area contributed by atoms with Gasteiger partial charge >= 0.3 is 0 Å². The molecule has 1 aliphatic rings. The third kappa shape index (κ3) is 7.96. The van der Waals surface area contributed by atoms with Gasteiger partial charge in [-0.25, -0.2) is 4.98 Å². The lowest BCUT2D eigenvalue weighted by Crippen LogP contribution is -2.44. The van der Waals surface area contributed by atoms with Gasteiger partial charge in [-0.05, 0) is 46.5 Å². The number of hydrogen-bond donors (Lipinski definition) is 2. The molecule has 8 heteroatoms. The lowest BCUT2D eigenvalue weighted by atomic mass is 9.89. The van der Waals surface area contributed by atoms with Gasteiger partial charge in [0.1, 0.15) is 5.69 Å². The predicted molar refractivity (Wildman–Crippen MR) is 194 cm³/mol. The molecule has 8 nitrogen and oxygen atoms in total. The van der Waals surface area contributed by atoms with Crippen molar-refractivity contribution >= 4 is 22.6 Å². The molecule has 0 saturated carbocycles. The number of rotatable bonds is 11. The number of ether oxygens (including phenoxy) is 2. The molecule has 6 aromatic rings. The monoisotopic (exact) mass is 664 g/mol. The number of carbonyl (C=O) groups is 1. The molecule has 1 saturated heterocycles. The molecule has 4 atom stereocenters. The quantitative estimate of drug-likeness (QED) is 0.146. The van der Waals surface area contributed by atoms with Crippen LogP contribution in [0.1, 0.15) is 57.6 Å². The fourth-order valence-corrected chi connectivity index (χ4v) is 6.44. The van der Waals surface area contributed by atoms with E-state index in [0.717, 1.165) is 35.3 Å². The zero-order valence-electron chi connectivity index (χ0n) is 27.9. The summed E-state index contributed by atoms with van der Waals surface area (Å²) in [6.45, 7) is 4.42. The zero-order chi connectivity index (χ0) is 34.3. The first kappa shape index (κ1) is 33.3. The minimum Gasteiger partial charge on any atom is -0.392 e. The summed E-state index contributed by atoms with van der Waals surface area (Å²) in [6, 6.07) is 44.0. The highest BCUT2D eigenvalue weighted by molar-refractivity contribution is 6.03. The first-order chi connectivity index (χ1) is 24.5. The number of benzene rings is 5. The van der Waals surface area contributed by atoms with Crippen molar-refractivity contribution in [2.75, 3.05) is 11.9 Å². The standard InChI is InChI=1S/C42H40N4O4/c1-29-39(27-46(25-30-10-4-2-5-11-30)26-31-12-6-3-7-13-31)49-42(50-40(29)33-18-16-32(28-47)17-19-33)34-20-22-35(23-21-34)44-41(48)38-24-43-36-14-8-9-15-37(36)45-38/h2-24,29,39-40,42,47H,25-28H2,1H3,(H,44,48). The zero-order valence-corrected chi connectivity index (χ0v) is 27.9. The highest BCUT2D eigenvalue weighted by Gasteiger charge is 2.39. The summed E-state index contributed by atoms with van der Waals surface area (Å²) in [5, 5.41) is 12.6. The average molecular weight is 665 g/mol. The minimum atomic E-state index is -0.634. The van der Waals surface area contributed by atoms with Crippen LogP contribution in [0, 0.1) is 5.92 Å². The van der Waals surface area contributed by atoms with Gasteiger partial charge in [0.2, 0.25) is 0 Å². The second kappa shape index (κ2) is 15.5. The number of carbonyl (C=O) groups excluding carboxylic acids is 1. The van der Waals surface area contributed by atoms with Crippen LogP contribution in [0.3, 0.4) is 0 Å². The summed E-state index contributed by atoms with van der Waals surface area (Å²) in [5.74, 6) is -0.305. The largest absolute Gasteiger partial charge is 0.392 e. The molecule has 50 heavy (non-hydrogen) atoms. The van der Waals surface area contributed by atoms with E-state index in [0.29, 0.717) is 17.7 Å². The van der Waals surface area contributed by atoms with E-state index in [1.807, 2.05) is 84.9 Å². The van der Waals surface area contributed by atoms with Crippen LogP contribution < -0.4 is 5.32 Å². The number of para-hydroxylation sites is 2. The van der Waals surface area contributed by atoms with E-state index in [2.05, 4.69) is 75.6 Å². The molecule has 0 aliphatic carbocycles. The van der Waals surface area contributed by atoms with E-state index in [-0.39, 0.29) is 36.3 Å². The molecule has 0 bridgehead atoms. The highest BCUT2D eigenvalue weighted by atomic mass is 16.7. The molecule has 1 fully saturated rings. The van der Waals surface area contributed by atoms with Gasteiger partial charge in [-0.3, -0.25) is 14.7 Å². The van der Waals surface area contributed by atoms with E-state index in [9.17, 15) is 9.90 Å². The maximum Gasteiger partial charge on any atom is 0.275 e. The summed E-state index contributed by atoms with van der Waals surface area (Å²) in [6.07, 6.45) is 0.454. The fraction of sp³-hybridized carbons (Fsp3) is 0.214. The van der Waals surface area contributed by atoms with Crippen LogP contribution in [0.5, 0.6) is 0 Å². The second-order valence-corrected chi connectivity index (χ2v) is 12.8. The Bertz CT molecular complexity index is 1960. The summed E-state index contributed by atoms with van der Waals surface area (Å²) in [4.78, 5) is 24.3. The summed E-state index contributed by atoms with van der Waals surface area (Å²) in [7, 11) is 0. The number of aromatic nitrogens is 2. The molecular weight excluding hydrogens is 624 g/mol. The normalized spacial score (nSPS) is 19.0. The van der Waals surface area contributed by atoms with Crippen LogP contribution in [-0.2, 0) is 29.2 Å². The topological polar surface area (TPSA) is 96.8 Å². The number of aliphatic hydroxyl groups is 1. The van der Waals surface area contributed by atoms with Crippen LogP contribution in [0.15, 0.2) is 140 Å². The summed E-state index contributed by atoms with van der Waals surface area (Å²) < 4.78 is 13.5.